The second-order valence-corrected chi connectivity index (χ2v) is 3.76. The number of hydrogen-bond donors (Lipinski definition) is 1. The van der Waals surface area contributed by atoms with Crippen LogP contribution in [0.4, 0.5) is 4.39 Å². The van der Waals surface area contributed by atoms with Crippen LogP contribution < -0.4 is 5.73 Å². The van der Waals surface area contributed by atoms with Crippen LogP contribution in [0.3, 0.4) is 0 Å². The van der Waals surface area contributed by atoms with E-state index in [9.17, 15) is 9.18 Å². The van der Waals surface area contributed by atoms with Crippen molar-refractivity contribution in [2.24, 2.45) is 5.73 Å². The van der Waals surface area contributed by atoms with Crippen molar-refractivity contribution in [3.05, 3.63) is 35.6 Å². The van der Waals surface area contributed by atoms with Crippen LogP contribution in [-0.4, -0.2) is 37.6 Å². The van der Waals surface area contributed by atoms with Crippen LogP contribution in [-0.2, 0) is 16.1 Å². The first kappa shape index (κ1) is 13.6. The maximum Gasteiger partial charge on any atom is 0.231 e. The number of halogens is 1. The van der Waals surface area contributed by atoms with Gasteiger partial charge in [-0.15, -0.1) is 0 Å². The van der Waals surface area contributed by atoms with E-state index in [-0.39, 0.29) is 12.4 Å². The molecule has 0 aliphatic rings. The van der Waals surface area contributed by atoms with E-state index < -0.39 is 5.91 Å². The molecule has 17 heavy (non-hydrogen) atoms. The van der Waals surface area contributed by atoms with Gasteiger partial charge in [0.2, 0.25) is 5.91 Å². The van der Waals surface area contributed by atoms with Gasteiger partial charge in [0, 0.05) is 25.8 Å². The molecule has 0 saturated heterocycles. The fourth-order valence-corrected chi connectivity index (χ4v) is 1.52. The predicted octanol–water partition coefficient (Wildman–Crippen LogP) is 0.759. The van der Waals surface area contributed by atoms with E-state index in [0.29, 0.717) is 25.3 Å². The monoisotopic (exact) mass is 240 g/mol. The Hall–Kier alpha value is -1.46. The molecule has 0 aliphatic heterocycles. The van der Waals surface area contributed by atoms with Gasteiger partial charge in [0.1, 0.15) is 5.82 Å². The van der Waals surface area contributed by atoms with Crippen LogP contribution in [0.15, 0.2) is 24.3 Å². The predicted molar refractivity (Wildman–Crippen MR) is 62.7 cm³/mol. The average molecular weight is 240 g/mol. The Morgan fingerprint density at radius 2 is 2.18 bits per heavy atom. The van der Waals surface area contributed by atoms with Gasteiger partial charge in [-0.2, -0.15) is 0 Å². The van der Waals surface area contributed by atoms with Gasteiger partial charge in [-0.25, -0.2) is 4.39 Å². The third-order valence-electron chi connectivity index (χ3n) is 2.34. The quantitative estimate of drug-likeness (QED) is 0.765. The summed E-state index contributed by atoms with van der Waals surface area (Å²) in [5, 5.41) is 0. The maximum atomic E-state index is 13.4. The molecule has 2 N–H and O–H groups in total. The van der Waals surface area contributed by atoms with E-state index in [1.54, 1.807) is 30.2 Å². The van der Waals surface area contributed by atoms with Crippen molar-refractivity contribution < 1.29 is 13.9 Å². The molecule has 0 bridgehead atoms. The zero-order valence-electron chi connectivity index (χ0n) is 9.86. The molecule has 1 rings (SSSR count). The smallest absolute Gasteiger partial charge is 0.231 e. The van der Waals surface area contributed by atoms with E-state index in [4.69, 9.17) is 10.5 Å². The van der Waals surface area contributed by atoms with Crippen molar-refractivity contribution in [1.29, 1.82) is 0 Å². The first-order valence-corrected chi connectivity index (χ1v) is 5.36. The molecule has 0 saturated carbocycles. The molecular weight excluding hydrogens is 223 g/mol. The molecule has 1 amide bonds. The minimum absolute atomic E-state index is 0.0949. The molecule has 1 aromatic carbocycles. The van der Waals surface area contributed by atoms with Crippen molar-refractivity contribution in [2.45, 2.75) is 6.54 Å². The number of primary amides is 1. The number of nitrogens with two attached hydrogens (primary N) is 1. The molecule has 0 atom stereocenters. The number of rotatable bonds is 7. The highest BCUT2D eigenvalue weighted by Gasteiger charge is 2.11. The summed E-state index contributed by atoms with van der Waals surface area (Å²) < 4.78 is 18.4. The van der Waals surface area contributed by atoms with Gasteiger partial charge in [-0.1, -0.05) is 18.2 Å². The number of ether oxygens (including phenoxy) is 1. The van der Waals surface area contributed by atoms with Crippen molar-refractivity contribution in [1.82, 2.24) is 4.90 Å². The fourth-order valence-electron chi connectivity index (χ4n) is 1.52. The Morgan fingerprint density at radius 1 is 1.47 bits per heavy atom. The van der Waals surface area contributed by atoms with Crippen molar-refractivity contribution in [3.63, 3.8) is 0 Å². The SMILES string of the molecule is COCCN(CC(N)=O)Cc1ccccc1F. The zero-order chi connectivity index (χ0) is 12.7. The lowest BCUT2D eigenvalue weighted by atomic mass is 10.2. The standard InChI is InChI=1S/C12H17FN2O2/c1-17-7-6-15(9-12(14)16)8-10-4-2-3-5-11(10)13/h2-5H,6-9H2,1H3,(H2,14,16). The molecule has 0 unspecified atom stereocenters. The Kier molecular flexibility index (Phi) is 5.59. The molecule has 0 aliphatic carbocycles. The lowest BCUT2D eigenvalue weighted by molar-refractivity contribution is -0.119. The summed E-state index contributed by atoms with van der Waals surface area (Å²) in [6.45, 7) is 1.45. The van der Waals surface area contributed by atoms with Gasteiger partial charge >= 0.3 is 0 Å². The van der Waals surface area contributed by atoms with E-state index in [2.05, 4.69) is 0 Å². The van der Waals surface area contributed by atoms with E-state index in [1.165, 1.54) is 6.07 Å². The molecule has 4 nitrogen and oxygen atoms in total. The van der Waals surface area contributed by atoms with Crippen molar-refractivity contribution >= 4 is 5.91 Å². The van der Waals surface area contributed by atoms with Crippen LogP contribution in [0.1, 0.15) is 5.56 Å². The summed E-state index contributed by atoms with van der Waals surface area (Å²) in [5.74, 6) is -0.711. The summed E-state index contributed by atoms with van der Waals surface area (Å²) in [5.41, 5.74) is 5.69. The molecule has 0 heterocycles. The number of benzene rings is 1. The van der Waals surface area contributed by atoms with Crippen molar-refractivity contribution in [3.8, 4) is 0 Å². The van der Waals surface area contributed by atoms with E-state index >= 15 is 0 Å². The van der Waals surface area contributed by atoms with Crippen LogP contribution in [0.2, 0.25) is 0 Å². The second-order valence-electron chi connectivity index (χ2n) is 3.76. The highest BCUT2D eigenvalue weighted by atomic mass is 19.1. The van der Waals surface area contributed by atoms with Gasteiger partial charge in [0.25, 0.3) is 0 Å². The first-order valence-electron chi connectivity index (χ1n) is 5.36. The lowest BCUT2D eigenvalue weighted by Gasteiger charge is -2.20. The van der Waals surface area contributed by atoms with Gasteiger partial charge in [0.15, 0.2) is 0 Å². The number of hydrogen-bond acceptors (Lipinski definition) is 3. The molecule has 94 valence electrons. The summed E-state index contributed by atoms with van der Waals surface area (Å²) in [6, 6.07) is 6.48. The minimum Gasteiger partial charge on any atom is -0.383 e. The third-order valence-corrected chi connectivity index (χ3v) is 2.34. The second kappa shape index (κ2) is 6.98. The number of nitrogens with zero attached hydrogens (tertiary/aromatic N) is 1. The highest BCUT2D eigenvalue weighted by Crippen LogP contribution is 2.09. The Morgan fingerprint density at radius 3 is 2.76 bits per heavy atom. The minimum atomic E-state index is -0.433. The molecular formula is C12H17FN2O2. The third kappa shape index (κ3) is 4.93. The highest BCUT2D eigenvalue weighted by molar-refractivity contribution is 5.75. The van der Waals surface area contributed by atoms with Crippen LogP contribution in [0.5, 0.6) is 0 Å². The fraction of sp³-hybridized carbons (Fsp3) is 0.417. The van der Waals surface area contributed by atoms with Gasteiger partial charge in [-0.3, -0.25) is 9.69 Å². The largest absolute Gasteiger partial charge is 0.383 e. The van der Waals surface area contributed by atoms with Crippen LogP contribution in [0, 0.1) is 5.82 Å². The number of amides is 1. The summed E-state index contributed by atoms with van der Waals surface area (Å²) in [4.78, 5) is 12.6. The number of carbonyl (C=O) groups is 1. The summed E-state index contributed by atoms with van der Waals surface area (Å²) >= 11 is 0. The normalized spacial score (nSPS) is 10.8. The summed E-state index contributed by atoms with van der Waals surface area (Å²) in [6.07, 6.45) is 0. The van der Waals surface area contributed by atoms with Crippen LogP contribution in [0.25, 0.3) is 0 Å². The first-order chi connectivity index (χ1) is 8.13. The van der Waals surface area contributed by atoms with E-state index in [1.807, 2.05) is 0 Å². The molecule has 0 radical (unpaired) electrons. The van der Waals surface area contributed by atoms with E-state index in [0.717, 1.165) is 0 Å². The Bertz CT molecular complexity index is 371. The number of methoxy groups -OCH3 is 1. The van der Waals surface area contributed by atoms with Gasteiger partial charge in [-0.05, 0) is 6.07 Å². The van der Waals surface area contributed by atoms with Crippen molar-refractivity contribution in [2.75, 3.05) is 26.8 Å². The Labute approximate surface area is 100 Å². The van der Waals surface area contributed by atoms with Gasteiger partial charge < -0.3 is 10.5 Å². The zero-order valence-corrected chi connectivity index (χ0v) is 9.86. The molecule has 0 aromatic heterocycles. The molecule has 0 fully saturated rings. The molecule has 1 aromatic rings. The Balaban J connectivity index is 2.64. The van der Waals surface area contributed by atoms with Crippen LogP contribution >= 0.6 is 0 Å². The lowest BCUT2D eigenvalue weighted by Crippen LogP contribution is -2.35. The average Bonchev–Trinajstić information content (AvgIpc) is 2.28. The molecule has 0 spiro atoms. The van der Waals surface area contributed by atoms with Gasteiger partial charge in [0.05, 0.1) is 13.2 Å². The molecule has 5 heteroatoms. The maximum absolute atomic E-state index is 13.4. The summed E-state index contributed by atoms with van der Waals surface area (Å²) in [7, 11) is 1.57. The number of carbonyl (C=O) groups excluding carboxylic acids is 1. The topological polar surface area (TPSA) is 55.6 Å².